The Balaban J connectivity index is 1.78. The van der Waals surface area contributed by atoms with Crippen molar-refractivity contribution in [2.75, 3.05) is 6.61 Å². The molecule has 1 aromatic heterocycles. The summed E-state index contributed by atoms with van der Waals surface area (Å²) in [6.45, 7) is 2.87. The summed E-state index contributed by atoms with van der Waals surface area (Å²) in [6, 6.07) is 2.22. The molecule has 106 valence electrons. The van der Waals surface area contributed by atoms with Crippen LogP contribution < -0.4 is 11.3 Å². The Morgan fingerprint density at radius 1 is 1.42 bits per heavy atom. The van der Waals surface area contributed by atoms with Crippen LogP contribution in [-0.4, -0.2) is 12.2 Å². The number of rotatable bonds is 3. The monoisotopic (exact) mass is 264 g/mol. The number of aryl methyl sites for hydroxylation is 1. The average Bonchev–Trinajstić information content (AvgIpc) is 3.02. The van der Waals surface area contributed by atoms with Crippen LogP contribution in [-0.2, 0) is 4.74 Å². The lowest BCUT2D eigenvalue weighted by Gasteiger charge is -2.41. The van der Waals surface area contributed by atoms with E-state index in [-0.39, 0.29) is 11.6 Å². The van der Waals surface area contributed by atoms with Gasteiger partial charge in [0.05, 0.1) is 17.9 Å². The first-order valence-electron chi connectivity index (χ1n) is 7.38. The van der Waals surface area contributed by atoms with Gasteiger partial charge < -0.3 is 9.15 Å². The first-order chi connectivity index (χ1) is 9.24. The molecule has 4 heteroatoms. The van der Waals surface area contributed by atoms with E-state index in [1.54, 1.807) is 6.26 Å². The van der Waals surface area contributed by atoms with Gasteiger partial charge in [0.2, 0.25) is 0 Å². The van der Waals surface area contributed by atoms with Crippen molar-refractivity contribution >= 4 is 0 Å². The van der Waals surface area contributed by atoms with E-state index in [2.05, 4.69) is 5.43 Å². The van der Waals surface area contributed by atoms with E-state index in [0.29, 0.717) is 5.92 Å². The largest absolute Gasteiger partial charge is 0.469 e. The second-order valence-electron chi connectivity index (χ2n) is 6.07. The highest BCUT2D eigenvalue weighted by Gasteiger charge is 2.42. The van der Waals surface area contributed by atoms with Gasteiger partial charge in [0.15, 0.2) is 0 Å². The van der Waals surface area contributed by atoms with Gasteiger partial charge in [-0.1, -0.05) is 12.8 Å². The van der Waals surface area contributed by atoms with Crippen molar-refractivity contribution in [1.82, 2.24) is 5.43 Å². The highest BCUT2D eigenvalue weighted by Crippen LogP contribution is 2.45. The summed E-state index contributed by atoms with van der Waals surface area (Å²) in [5.41, 5.74) is 4.34. The molecule has 2 aliphatic rings. The number of nitrogens with two attached hydrogens (primary N) is 1. The molecule has 3 rings (SSSR count). The van der Waals surface area contributed by atoms with E-state index in [9.17, 15) is 0 Å². The van der Waals surface area contributed by atoms with Gasteiger partial charge >= 0.3 is 0 Å². The van der Waals surface area contributed by atoms with Crippen molar-refractivity contribution in [2.45, 2.75) is 57.1 Å². The van der Waals surface area contributed by atoms with E-state index in [1.165, 1.54) is 31.2 Å². The van der Waals surface area contributed by atoms with Crippen molar-refractivity contribution in [2.24, 2.45) is 11.8 Å². The summed E-state index contributed by atoms with van der Waals surface area (Å²) < 4.78 is 11.5. The second kappa shape index (κ2) is 5.27. The van der Waals surface area contributed by atoms with Crippen LogP contribution in [0.4, 0.5) is 0 Å². The molecular weight excluding hydrogens is 240 g/mol. The average molecular weight is 264 g/mol. The maximum atomic E-state index is 6.11. The normalized spacial score (nSPS) is 27.8. The Morgan fingerprint density at radius 3 is 2.84 bits per heavy atom. The third-order valence-electron chi connectivity index (χ3n) is 4.93. The predicted molar refractivity (Wildman–Crippen MR) is 73.4 cm³/mol. The topological polar surface area (TPSA) is 60.4 Å². The molecule has 1 aliphatic carbocycles. The Labute approximate surface area is 114 Å². The zero-order chi connectivity index (χ0) is 13.3. The minimum absolute atomic E-state index is 0.135. The van der Waals surface area contributed by atoms with Gasteiger partial charge in [0.25, 0.3) is 0 Å². The molecule has 1 aromatic rings. The highest BCUT2D eigenvalue weighted by molar-refractivity contribution is 5.21. The van der Waals surface area contributed by atoms with Crippen LogP contribution in [0.1, 0.15) is 55.9 Å². The molecule has 1 spiro atoms. The SMILES string of the molecule is Cc1occc1C(NN)C1CCOC2(CCCC2)C1. The van der Waals surface area contributed by atoms with E-state index in [4.69, 9.17) is 15.0 Å². The summed E-state index contributed by atoms with van der Waals surface area (Å²) in [4.78, 5) is 0. The van der Waals surface area contributed by atoms with Crippen LogP contribution in [0.15, 0.2) is 16.7 Å². The van der Waals surface area contributed by atoms with Gasteiger partial charge in [0.1, 0.15) is 5.76 Å². The van der Waals surface area contributed by atoms with E-state index in [1.807, 2.05) is 13.0 Å². The molecule has 2 unspecified atom stereocenters. The Kier molecular flexibility index (Phi) is 3.65. The predicted octanol–water partition coefficient (Wildman–Crippen LogP) is 2.83. The maximum absolute atomic E-state index is 6.11. The van der Waals surface area contributed by atoms with Crippen molar-refractivity contribution in [3.8, 4) is 0 Å². The fraction of sp³-hybridized carbons (Fsp3) is 0.733. The Bertz CT molecular complexity index is 424. The lowest BCUT2D eigenvalue weighted by molar-refractivity contribution is -0.0983. The lowest BCUT2D eigenvalue weighted by atomic mass is 9.79. The quantitative estimate of drug-likeness (QED) is 0.651. The fourth-order valence-corrected chi connectivity index (χ4v) is 3.92. The van der Waals surface area contributed by atoms with E-state index in [0.717, 1.165) is 25.2 Å². The van der Waals surface area contributed by atoms with Crippen molar-refractivity contribution < 1.29 is 9.15 Å². The number of hydrazine groups is 1. The summed E-state index contributed by atoms with van der Waals surface area (Å²) in [5.74, 6) is 7.32. The van der Waals surface area contributed by atoms with Crippen LogP contribution in [0.5, 0.6) is 0 Å². The van der Waals surface area contributed by atoms with Crippen LogP contribution >= 0.6 is 0 Å². The summed E-state index contributed by atoms with van der Waals surface area (Å²) >= 11 is 0. The molecule has 2 atom stereocenters. The van der Waals surface area contributed by atoms with Gasteiger partial charge in [-0.05, 0) is 44.6 Å². The third-order valence-corrected chi connectivity index (χ3v) is 4.93. The molecule has 19 heavy (non-hydrogen) atoms. The first kappa shape index (κ1) is 13.2. The van der Waals surface area contributed by atoms with Crippen molar-refractivity contribution in [3.63, 3.8) is 0 Å². The number of nitrogens with one attached hydrogen (secondary N) is 1. The van der Waals surface area contributed by atoms with Gasteiger partial charge in [0, 0.05) is 12.2 Å². The van der Waals surface area contributed by atoms with Crippen LogP contribution in [0, 0.1) is 12.8 Å². The second-order valence-corrected chi connectivity index (χ2v) is 6.07. The molecule has 0 amide bonds. The molecule has 2 heterocycles. The van der Waals surface area contributed by atoms with Gasteiger partial charge in [-0.15, -0.1) is 0 Å². The van der Waals surface area contributed by atoms with Crippen LogP contribution in [0.3, 0.4) is 0 Å². The molecule has 4 nitrogen and oxygen atoms in total. The smallest absolute Gasteiger partial charge is 0.105 e. The van der Waals surface area contributed by atoms with Gasteiger partial charge in [-0.25, -0.2) is 0 Å². The molecule has 1 aliphatic heterocycles. The van der Waals surface area contributed by atoms with E-state index < -0.39 is 0 Å². The molecule has 2 fully saturated rings. The number of hydrogen-bond donors (Lipinski definition) is 2. The van der Waals surface area contributed by atoms with Crippen molar-refractivity contribution in [3.05, 3.63) is 23.7 Å². The zero-order valence-electron chi connectivity index (χ0n) is 11.7. The molecule has 3 N–H and O–H groups in total. The zero-order valence-corrected chi connectivity index (χ0v) is 11.7. The molecule has 1 saturated heterocycles. The minimum Gasteiger partial charge on any atom is -0.469 e. The summed E-state index contributed by atoms with van der Waals surface area (Å²) in [6.07, 6.45) is 8.97. The van der Waals surface area contributed by atoms with Gasteiger partial charge in [-0.2, -0.15) is 0 Å². The maximum Gasteiger partial charge on any atom is 0.105 e. The lowest BCUT2D eigenvalue weighted by Crippen LogP contribution is -2.43. The Morgan fingerprint density at radius 2 is 2.21 bits per heavy atom. The molecule has 0 bridgehead atoms. The standard InChI is InChI=1S/C15H24N2O2/c1-11-13(5-8-18-11)14(17-16)12-4-9-19-15(10-12)6-2-3-7-15/h5,8,12,14,17H,2-4,6-7,9-10,16H2,1H3. The first-order valence-corrected chi connectivity index (χ1v) is 7.38. The summed E-state index contributed by atoms with van der Waals surface area (Å²) in [5, 5.41) is 0. The van der Waals surface area contributed by atoms with Crippen LogP contribution in [0.25, 0.3) is 0 Å². The Hall–Kier alpha value is -0.840. The highest BCUT2D eigenvalue weighted by atomic mass is 16.5. The molecule has 1 saturated carbocycles. The van der Waals surface area contributed by atoms with Gasteiger partial charge in [-0.3, -0.25) is 11.3 Å². The third kappa shape index (κ3) is 2.45. The number of ether oxygens (including phenoxy) is 1. The molecular formula is C15H24N2O2. The number of furan rings is 1. The van der Waals surface area contributed by atoms with Crippen LogP contribution in [0.2, 0.25) is 0 Å². The van der Waals surface area contributed by atoms with E-state index >= 15 is 0 Å². The summed E-state index contributed by atoms with van der Waals surface area (Å²) in [7, 11) is 0. The fourth-order valence-electron chi connectivity index (χ4n) is 3.92. The molecule has 0 radical (unpaired) electrons. The number of hydrogen-bond acceptors (Lipinski definition) is 4. The minimum atomic E-state index is 0.135. The van der Waals surface area contributed by atoms with Crippen molar-refractivity contribution in [1.29, 1.82) is 0 Å². The molecule has 0 aromatic carbocycles.